The van der Waals surface area contributed by atoms with Crippen LogP contribution in [0, 0.1) is 0 Å². The van der Waals surface area contributed by atoms with Gasteiger partial charge in [0.15, 0.2) is 0 Å². The lowest BCUT2D eigenvalue weighted by molar-refractivity contribution is 0.317. The van der Waals surface area contributed by atoms with Gasteiger partial charge in [-0.2, -0.15) is 0 Å². The number of fused-ring (bicyclic) bond motifs is 1. The van der Waals surface area contributed by atoms with E-state index < -0.39 is 0 Å². The average Bonchev–Trinajstić information content (AvgIpc) is 2.59. The van der Waals surface area contributed by atoms with Crippen molar-refractivity contribution in [2.75, 3.05) is 13.2 Å². The number of benzene rings is 2. The van der Waals surface area contributed by atoms with Crippen LogP contribution in [0.15, 0.2) is 53.5 Å². The Morgan fingerprint density at radius 3 is 2.74 bits per heavy atom. The molecule has 0 aliphatic carbocycles. The Bertz CT molecular complexity index is 732. The minimum Gasteiger partial charge on any atom is -0.494 e. The number of rotatable bonds is 5. The molecule has 3 heteroatoms. The average molecular weight is 326 g/mol. The van der Waals surface area contributed by atoms with Crippen molar-refractivity contribution in [1.29, 1.82) is 0 Å². The third-order valence-corrected chi connectivity index (χ3v) is 4.04. The largest absolute Gasteiger partial charge is 0.494 e. The summed E-state index contributed by atoms with van der Waals surface area (Å²) in [6, 6.07) is 14.1. The van der Waals surface area contributed by atoms with Crippen LogP contribution < -0.4 is 4.74 Å². The third kappa shape index (κ3) is 4.02. The van der Waals surface area contributed by atoms with Crippen LogP contribution in [0.25, 0.3) is 6.08 Å². The molecule has 2 aromatic carbocycles. The molecule has 0 radical (unpaired) electrons. The monoisotopic (exact) mass is 325 g/mol. The lowest BCUT2D eigenvalue weighted by Crippen LogP contribution is -2.11. The molecule has 0 spiro atoms. The van der Waals surface area contributed by atoms with E-state index in [4.69, 9.17) is 16.3 Å². The molecule has 1 aliphatic heterocycles. The number of ether oxygens (including phenoxy) is 1. The number of nitrogens with zero attached hydrogens (tertiary/aromatic N) is 1. The number of aliphatic imine (C=N–C) groups is 1. The van der Waals surface area contributed by atoms with Gasteiger partial charge < -0.3 is 4.74 Å². The molecule has 0 amide bonds. The maximum absolute atomic E-state index is 5.92. The highest BCUT2D eigenvalue weighted by atomic mass is 35.5. The predicted octanol–water partition coefficient (Wildman–Crippen LogP) is 5.19. The summed E-state index contributed by atoms with van der Waals surface area (Å²) < 4.78 is 5.73. The van der Waals surface area contributed by atoms with Gasteiger partial charge in [0.2, 0.25) is 0 Å². The van der Waals surface area contributed by atoms with E-state index in [-0.39, 0.29) is 0 Å². The summed E-state index contributed by atoms with van der Waals surface area (Å²) in [6.45, 7) is 3.70. The molecule has 23 heavy (non-hydrogen) atoms. The van der Waals surface area contributed by atoms with Crippen molar-refractivity contribution in [3.63, 3.8) is 0 Å². The molecule has 1 aliphatic rings. The van der Waals surface area contributed by atoms with Gasteiger partial charge in [-0.3, -0.25) is 4.99 Å². The molecule has 0 saturated carbocycles. The molecule has 0 unspecified atom stereocenters. The predicted molar refractivity (Wildman–Crippen MR) is 97.8 cm³/mol. The molecule has 2 aromatic rings. The van der Waals surface area contributed by atoms with Crippen LogP contribution in [-0.2, 0) is 6.42 Å². The molecule has 0 N–H and O–H groups in total. The number of hydrogen-bond acceptors (Lipinski definition) is 2. The molecule has 2 nitrogen and oxygen atoms in total. The normalized spacial score (nSPS) is 13.7. The van der Waals surface area contributed by atoms with E-state index in [9.17, 15) is 0 Å². The summed E-state index contributed by atoms with van der Waals surface area (Å²) >= 11 is 5.92. The van der Waals surface area contributed by atoms with Gasteiger partial charge >= 0.3 is 0 Å². The van der Waals surface area contributed by atoms with Crippen LogP contribution in [0.1, 0.15) is 30.0 Å². The highest BCUT2D eigenvalue weighted by Gasteiger charge is 2.13. The van der Waals surface area contributed by atoms with E-state index in [0.717, 1.165) is 48.0 Å². The summed E-state index contributed by atoms with van der Waals surface area (Å²) in [4.78, 5) is 4.66. The standard InChI is InChI=1S/C20H20ClNO/c1-2-13-23-18-8-9-19-16(14-18)11-12-22-20(19)10-5-15-3-6-17(21)7-4-15/h3-10,14H,2,11-13H2,1H3/b10-5+. The van der Waals surface area contributed by atoms with Crippen molar-refractivity contribution >= 4 is 23.4 Å². The Morgan fingerprint density at radius 1 is 1.13 bits per heavy atom. The lowest BCUT2D eigenvalue weighted by Gasteiger charge is -2.16. The van der Waals surface area contributed by atoms with Gasteiger partial charge in [-0.1, -0.05) is 36.7 Å². The van der Waals surface area contributed by atoms with Gasteiger partial charge in [0.05, 0.1) is 12.3 Å². The molecule has 0 atom stereocenters. The fourth-order valence-electron chi connectivity index (χ4n) is 2.61. The van der Waals surface area contributed by atoms with E-state index in [1.54, 1.807) is 0 Å². The van der Waals surface area contributed by atoms with Crippen molar-refractivity contribution in [1.82, 2.24) is 0 Å². The number of hydrogen-bond donors (Lipinski definition) is 0. The van der Waals surface area contributed by atoms with E-state index in [2.05, 4.69) is 36.2 Å². The molecule has 0 saturated heterocycles. The first-order valence-electron chi connectivity index (χ1n) is 8.00. The Balaban J connectivity index is 1.80. The zero-order chi connectivity index (χ0) is 16.1. The van der Waals surface area contributed by atoms with Crippen LogP contribution >= 0.6 is 11.6 Å². The number of halogens is 1. The van der Waals surface area contributed by atoms with Crippen LogP contribution in [-0.4, -0.2) is 18.9 Å². The molecule has 0 aromatic heterocycles. The number of allylic oxidation sites excluding steroid dienone is 1. The second-order valence-corrected chi connectivity index (χ2v) is 6.01. The Hall–Kier alpha value is -2.06. The van der Waals surface area contributed by atoms with E-state index in [0.29, 0.717) is 0 Å². The summed E-state index contributed by atoms with van der Waals surface area (Å²) in [5, 5.41) is 0.752. The first-order chi connectivity index (χ1) is 11.3. The van der Waals surface area contributed by atoms with Crippen LogP contribution in [0.3, 0.4) is 0 Å². The summed E-state index contributed by atoms with van der Waals surface area (Å²) in [6.07, 6.45) is 6.14. The Kier molecular flexibility index (Phi) is 5.14. The fraction of sp³-hybridized carbons (Fsp3) is 0.250. The highest BCUT2D eigenvalue weighted by Crippen LogP contribution is 2.23. The quantitative estimate of drug-likeness (QED) is 0.741. The van der Waals surface area contributed by atoms with Crippen molar-refractivity contribution in [3.8, 4) is 5.75 Å². The van der Waals surface area contributed by atoms with Crippen molar-refractivity contribution < 1.29 is 4.74 Å². The molecule has 0 fully saturated rings. The molecule has 3 rings (SSSR count). The Labute approximate surface area is 142 Å². The summed E-state index contributed by atoms with van der Waals surface area (Å²) in [7, 11) is 0. The van der Waals surface area contributed by atoms with Gasteiger partial charge in [-0.25, -0.2) is 0 Å². The van der Waals surface area contributed by atoms with Gasteiger partial charge in [0.1, 0.15) is 5.75 Å². The zero-order valence-corrected chi connectivity index (χ0v) is 14.0. The van der Waals surface area contributed by atoms with Crippen LogP contribution in [0.5, 0.6) is 5.75 Å². The van der Waals surface area contributed by atoms with Crippen molar-refractivity contribution in [3.05, 3.63) is 70.3 Å². The van der Waals surface area contributed by atoms with E-state index >= 15 is 0 Å². The summed E-state index contributed by atoms with van der Waals surface area (Å²) in [5.41, 5.74) is 4.66. The first kappa shape index (κ1) is 15.8. The lowest BCUT2D eigenvalue weighted by atomic mass is 9.96. The van der Waals surface area contributed by atoms with Gasteiger partial charge in [-0.15, -0.1) is 0 Å². The van der Waals surface area contributed by atoms with Crippen molar-refractivity contribution in [2.45, 2.75) is 19.8 Å². The smallest absolute Gasteiger partial charge is 0.119 e. The van der Waals surface area contributed by atoms with Gasteiger partial charge in [-0.05, 0) is 60.4 Å². The summed E-state index contributed by atoms with van der Waals surface area (Å²) in [5.74, 6) is 0.952. The second-order valence-electron chi connectivity index (χ2n) is 5.57. The maximum atomic E-state index is 5.92. The van der Waals surface area contributed by atoms with Gasteiger partial charge in [0, 0.05) is 17.1 Å². The van der Waals surface area contributed by atoms with Crippen LogP contribution in [0.4, 0.5) is 0 Å². The van der Waals surface area contributed by atoms with Gasteiger partial charge in [0.25, 0.3) is 0 Å². The topological polar surface area (TPSA) is 21.6 Å². The third-order valence-electron chi connectivity index (χ3n) is 3.79. The van der Waals surface area contributed by atoms with Crippen molar-refractivity contribution in [2.24, 2.45) is 4.99 Å². The Morgan fingerprint density at radius 2 is 1.96 bits per heavy atom. The van der Waals surface area contributed by atoms with Crippen LogP contribution in [0.2, 0.25) is 5.02 Å². The molecular formula is C20H20ClNO. The second kappa shape index (κ2) is 7.47. The minimum absolute atomic E-state index is 0.752. The van der Waals surface area contributed by atoms with E-state index in [1.807, 2.05) is 30.3 Å². The SMILES string of the molecule is CCCOc1ccc2c(c1)CCN=C2/C=C/c1ccc(Cl)cc1. The highest BCUT2D eigenvalue weighted by molar-refractivity contribution is 6.30. The molecule has 118 valence electrons. The fourth-order valence-corrected chi connectivity index (χ4v) is 2.74. The molecular weight excluding hydrogens is 306 g/mol. The first-order valence-corrected chi connectivity index (χ1v) is 8.38. The van der Waals surface area contributed by atoms with E-state index in [1.165, 1.54) is 11.1 Å². The zero-order valence-electron chi connectivity index (χ0n) is 13.3. The minimum atomic E-state index is 0.752. The molecule has 0 bridgehead atoms. The maximum Gasteiger partial charge on any atom is 0.119 e. The molecule has 1 heterocycles.